The molecule has 96 valence electrons. The molecule has 0 saturated carbocycles. The van der Waals surface area contributed by atoms with E-state index >= 15 is 0 Å². The standard InChI is InChI=1S/C13H17N3O2/c1-16(2)9-8-15-13(18)12-11(6-4-10-17)5-3-7-14-12/h3,5,7,17H,8-10H2,1-2H3,(H,15,18). The van der Waals surface area contributed by atoms with Gasteiger partial charge in [0.25, 0.3) is 5.91 Å². The molecule has 1 aromatic heterocycles. The number of hydrogen-bond acceptors (Lipinski definition) is 4. The first-order valence-corrected chi connectivity index (χ1v) is 5.63. The van der Waals surface area contributed by atoms with Gasteiger partial charge >= 0.3 is 0 Å². The second-order valence-electron chi connectivity index (χ2n) is 3.92. The molecule has 0 spiro atoms. The number of aliphatic hydroxyl groups is 1. The molecule has 0 aliphatic carbocycles. The van der Waals surface area contributed by atoms with Gasteiger partial charge in [-0.1, -0.05) is 11.8 Å². The molecule has 1 amide bonds. The van der Waals surface area contributed by atoms with Gasteiger partial charge in [0.2, 0.25) is 0 Å². The minimum absolute atomic E-state index is 0.240. The van der Waals surface area contributed by atoms with E-state index in [1.807, 2.05) is 19.0 Å². The topological polar surface area (TPSA) is 65.5 Å². The van der Waals surface area contributed by atoms with Crippen molar-refractivity contribution in [1.29, 1.82) is 0 Å². The molecule has 0 saturated heterocycles. The summed E-state index contributed by atoms with van der Waals surface area (Å²) in [6.45, 7) is 1.07. The minimum atomic E-state index is -0.250. The van der Waals surface area contributed by atoms with Gasteiger partial charge in [-0.2, -0.15) is 0 Å². The summed E-state index contributed by atoms with van der Waals surface area (Å²) in [4.78, 5) is 17.9. The predicted molar refractivity (Wildman–Crippen MR) is 69.1 cm³/mol. The Morgan fingerprint density at radius 2 is 2.33 bits per heavy atom. The Kier molecular flexibility index (Phi) is 5.85. The zero-order valence-corrected chi connectivity index (χ0v) is 10.6. The van der Waals surface area contributed by atoms with Crippen LogP contribution in [0.3, 0.4) is 0 Å². The molecule has 5 nitrogen and oxygen atoms in total. The lowest BCUT2D eigenvalue weighted by Gasteiger charge is -2.10. The van der Waals surface area contributed by atoms with Crippen LogP contribution in [0.5, 0.6) is 0 Å². The van der Waals surface area contributed by atoms with Crippen LogP contribution in [0.1, 0.15) is 16.1 Å². The molecule has 0 aliphatic heterocycles. The summed E-state index contributed by atoms with van der Waals surface area (Å²) >= 11 is 0. The molecule has 1 aromatic rings. The number of nitrogens with one attached hydrogen (secondary N) is 1. The summed E-state index contributed by atoms with van der Waals surface area (Å²) in [5.41, 5.74) is 0.811. The van der Waals surface area contributed by atoms with Gasteiger partial charge in [0.1, 0.15) is 12.3 Å². The molecular weight excluding hydrogens is 230 g/mol. The van der Waals surface area contributed by atoms with Crippen LogP contribution in [0, 0.1) is 11.8 Å². The molecule has 18 heavy (non-hydrogen) atoms. The van der Waals surface area contributed by atoms with E-state index in [2.05, 4.69) is 22.1 Å². The summed E-state index contributed by atoms with van der Waals surface area (Å²) < 4.78 is 0. The number of aromatic nitrogens is 1. The molecule has 1 heterocycles. The molecule has 0 radical (unpaired) electrons. The lowest BCUT2D eigenvalue weighted by molar-refractivity contribution is 0.0946. The van der Waals surface area contributed by atoms with Crippen LogP contribution >= 0.6 is 0 Å². The third kappa shape index (κ3) is 4.53. The molecule has 0 bridgehead atoms. The smallest absolute Gasteiger partial charge is 0.271 e. The number of carbonyl (C=O) groups is 1. The van der Waals surface area contributed by atoms with Crippen molar-refractivity contribution in [3.63, 3.8) is 0 Å². The van der Waals surface area contributed by atoms with Crippen molar-refractivity contribution >= 4 is 5.91 Å². The highest BCUT2D eigenvalue weighted by atomic mass is 16.2. The molecular formula is C13H17N3O2. The summed E-state index contributed by atoms with van der Waals surface area (Å²) in [5, 5.41) is 11.4. The molecule has 5 heteroatoms. The van der Waals surface area contributed by atoms with Gasteiger partial charge in [0.05, 0.1) is 5.56 Å². The van der Waals surface area contributed by atoms with Crippen molar-refractivity contribution in [3.05, 3.63) is 29.6 Å². The van der Waals surface area contributed by atoms with E-state index in [9.17, 15) is 4.79 Å². The van der Waals surface area contributed by atoms with Gasteiger partial charge in [0, 0.05) is 19.3 Å². The van der Waals surface area contributed by atoms with Crippen molar-refractivity contribution in [3.8, 4) is 11.8 Å². The Labute approximate surface area is 107 Å². The molecule has 0 unspecified atom stereocenters. The Hall–Kier alpha value is -1.90. The largest absolute Gasteiger partial charge is 0.384 e. The van der Waals surface area contributed by atoms with E-state index < -0.39 is 0 Å². The summed E-state index contributed by atoms with van der Waals surface area (Å²) in [7, 11) is 3.87. The quantitative estimate of drug-likeness (QED) is 0.718. The van der Waals surface area contributed by atoms with Crippen LogP contribution in [-0.4, -0.2) is 54.7 Å². The number of pyridine rings is 1. The SMILES string of the molecule is CN(C)CCNC(=O)c1ncccc1C#CCO. The first-order chi connectivity index (χ1) is 8.65. The van der Waals surface area contributed by atoms with Crippen molar-refractivity contribution < 1.29 is 9.90 Å². The maximum atomic E-state index is 11.9. The van der Waals surface area contributed by atoms with Crippen LogP contribution in [-0.2, 0) is 0 Å². The number of likely N-dealkylation sites (N-methyl/N-ethyl adjacent to an activating group) is 1. The fraction of sp³-hybridized carbons (Fsp3) is 0.385. The van der Waals surface area contributed by atoms with Gasteiger partial charge in [0.15, 0.2) is 0 Å². The van der Waals surface area contributed by atoms with Crippen molar-refractivity contribution in [2.75, 3.05) is 33.8 Å². The van der Waals surface area contributed by atoms with E-state index in [4.69, 9.17) is 5.11 Å². The zero-order chi connectivity index (χ0) is 13.4. The minimum Gasteiger partial charge on any atom is -0.384 e. The van der Waals surface area contributed by atoms with Gasteiger partial charge < -0.3 is 15.3 Å². The fourth-order valence-corrected chi connectivity index (χ4v) is 1.30. The van der Waals surface area contributed by atoms with E-state index in [0.717, 1.165) is 6.54 Å². The van der Waals surface area contributed by atoms with Crippen molar-refractivity contribution in [2.45, 2.75) is 0 Å². The maximum absolute atomic E-state index is 11.9. The zero-order valence-electron chi connectivity index (χ0n) is 10.6. The van der Waals surface area contributed by atoms with Crippen molar-refractivity contribution in [2.24, 2.45) is 0 Å². The van der Waals surface area contributed by atoms with Gasteiger partial charge in [-0.25, -0.2) is 4.98 Å². The highest BCUT2D eigenvalue weighted by Gasteiger charge is 2.10. The summed E-state index contributed by atoms with van der Waals surface area (Å²) in [5.74, 6) is 4.97. The number of nitrogens with zero attached hydrogens (tertiary/aromatic N) is 2. The van der Waals surface area contributed by atoms with Gasteiger partial charge in [-0.15, -0.1) is 0 Å². The Balaban J connectivity index is 2.73. The van der Waals surface area contributed by atoms with Crippen LogP contribution < -0.4 is 5.32 Å². The second kappa shape index (κ2) is 7.43. The highest BCUT2D eigenvalue weighted by molar-refractivity contribution is 5.94. The maximum Gasteiger partial charge on any atom is 0.271 e. The first-order valence-electron chi connectivity index (χ1n) is 5.63. The number of rotatable bonds is 4. The van der Waals surface area contributed by atoms with E-state index in [0.29, 0.717) is 12.1 Å². The van der Waals surface area contributed by atoms with E-state index in [1.54, 1.807) is 18.3 Å². The molecule has 0 atom stereocenters. The summed E-state index contributed by atoms with van der Waals surface area (Å²) in [6, 6.07) is 3.41. The average molecular weight is 247 g/mol. The second-order valence-corrected chi connectivity index (χ2v) is 3.92. The summed E-state index contributed by atoms with van der Waals surface area (Å²) in [6.07, 6.45) is 1.55. The third-order valence-corrected chi connectivity index (χ3v) is 2.17. The number of amides is 1. The fourth-order valence-electron chi connectivity index (χ4n) is 1.30. The molecule has 2 N–H and O–H groups in total. The molecule has 0 aromatic carbocycles. The lowest BCUT2D eigenvalue weighted by atomic mass is 10.2. The van der Waals surface area contributed by atoms with E-state index in [1.165, 1.54) is 0 Å². The number of aliphatic hydroxyl groups excluding tert-OH is 1. The number of carbonyl (C=O) groups excluding carboxylic acids is 1. The van der Waals surface area contributed by atoms with Crippen molar-refractivity contribution in [1.82, 2.24) is 15.2 Å². The monoisotopic (exact) mass is 247 g/mol. The van der Waals surface area contributed by atoms with Gasteiger partial charge in [-0.05, 0) is 26.2 Å². The molecule has 0 aliphatic rings. The van der Waals surface area contributed by atoms with Crippen LogP contribution in [0.15, 0.2) is 18.3 Å². The van der Waals surface area contributed by atoms with Crippen LogP contribution in [0.2, 0.25) is 0 Å². The third-order valence-electron chi connectivity index (χ3n) is 2.17. The Morgan fingerprint density at radius 3 is 3.00 bits per heavy atom. The Bertz CT molecular complexity index is 461. The predicted octanol–water partition coefficient (Wildman–Crippen LogP) is -0.283. The normalized spacial score (nSPS) is 9.78. The Morgan fingerprint density at radius 1 is 1.56 bits per heavy atom. The average Bonchev–Trinajstić information content (AvgIpc) is 2.36. The molecule has 1 rings (SSSR count). The highest BCUT2D eigenvalue weighted by Crippen LogP contribution is 2.03. The lowest BCUT2D eigenvalue weighted by Crippen LogP contribution is -2.32. The van der Waals surface area contributed by atoms with Gasteiger partial charge in [-0.3, -0.25) is 4.79 Å². The van der Waals surface area contributed by atoms with Crippen LogP contribution in [0.4, 0.5) is 0 Å². The molecule has 0 fully saturated rings. The van der Waals surface area contributed by atoms with Crippen LogP contribution in [0.25, 0.3) is 0 Å². The number of hydrogen-bond donors (Lipinski definition) is 2. The first kappa shape index (κ1) is 14.2. The van der Waals surface area contributed by atoms with E-state index in [-0.39, 0.29) is 18.2 Å².